The van der Waals surface area contributed by atoms with Crippen molar-refractivity contribution < 1.29 is 9.31 Å². The van der Waals surface area contributed by atoms with Gasteiger partial charge in [-0.2, -0.15) is 0 Å². The SMILES string of the molecule is CCN1CCN(c2ccc(B3OC(C)(C)C(C)(C)O3)cc2)CC1. The molecule has 2 fully saturated rings. The minimum atomic E-state index is -0.285. The van der Waals surface area contributed by atoms with Crippen LogP contribution in [0.5, 0.6) is 0 Å². The van der Waals surface area contributed by atoms with E-state index in [-0.39, 0.29) is 18.3 Å². The van der Waals surface area contributed by atoms with Crippen LogP contribution in [0.2, 0.25) is 0 Å². The maximum atomic E-state index is 6.12. The number of rotatable bonds is 3. The first-order chi connectivity index (χ1) is 10.8. The monoisotopic (exact) mass is 316 g/mol. The first kappa shape index (κ1) is 16.8. The minimum Gasteiger partial charge on any atom is -0.399 e. The summed E-state index contributed by atoms with van der Waals surface area (Å²) in [5.74, 6) is 0. The second-order valence-corrected chi connectivity index (χ2v) is 7.60. The summed E-state index contributed by atoms with van der Waals surface area (Å²) in [6.07, 6.45) is 0. The number of hydrogen-bond donors (Lipinski definition) is 0. The fourth-order valence-corrected chi connectivity index (χ4v) is 3.14. The van der Waals surface area contributed by atoms with Crippen molar-refractivity contribution in [3.05, 3.63) is 24.3 Å². The average molecular weight is 316 g/mol. The Kier molecular flexibility index (Phi) is 4.47. The van der Waals surface area contributed by atoms with Gasteiger partial charge in [-0.15, -0.1) is 0 Å². The topological polar surface area (TPSA) is 24.9 Å². The molecule has 0 atom stereocenters. The van der Waals surface area contributed by atoms with E-state index in [1.165, 1.54) is 5.69 Å². The Hall–Kier alpha value is -1.04. The van der Waals surface area contributed by atoms with Crippen molar-refractivity contribution in [3.8, 4) is 0 Å². The molecule has 3 rings (SSSR count). The Morgan fingerprint density at radius 2 is 1.43 bits per heavy atom. The van der Waals surface area contributed by atoms with Gasteiger partial charge in [-0.25, -0.2) is 0 Å². The van der Waals surface area contributed by atoms with E-state index in [9.17, 15) is 0 Å². The number of likely N-dealkylation sites (N-methyl/N-ethyl adjacent to an activating group) is 1. The zero-order valence-electron chi connectivity index (χ0n) is 15.1. The van der Waals surface area contributed by atoms with E-state index in [2.05, 4.69) is 68.7 Å². The fourth-order valence-electron chi connectivity index (χ4n) is 3.14. The lowest BCUT2D eigenvalue weighted by molar-refractivity contribution is 0.00578. The van der Waals surface area contributed by atoms with E-state index >= 15 is 0 Å². The lowest BCUT2D eigenvalue weighted by Gasteiger charge is -2.35. The molecule has 0 aliphatic carbocycles. The molecule has 0 saturated carbocycles. The standard InChI is InChI=1S/C18H29BN2O2/c1-6-20-11-13-21(14-12-20)16-9-7-15(8-10-16)19-22-17(2,3)18(4,5)23-19/h7-10H,6,11-14H2,1-5H3. The fraction of sp³-hybridized carbons (Fsp3) is 0.667. The highest BCUT2D eigenvalue weighted by atomic mass is 16.7. The molecule has 0 N–H and O–H groups in total. The summed E-state index contributed by atoms with van der Waals surface area (Å²) >= 11 is 0. The summed E-state index contributed by atoms with van der Waals surface area (Å²) in [5.41, 5.74) is 1.82. The Bertz CT molecular complexity index is 520. The van der Waals surface area contributed by atoms with E-state index in [4.69, 9.17) is 9.31 Å². The summed E-state index contributed by atoms with van der Waals surface area (Å²) < 4.78 is 12.2. The summed E-state index contributed by atoms with van der Waals surface area (Å²) in [6.45, 7) is 16.2. The third kappa shape index (κ3) is 3.28. The Balaban J connectivity index is 1.67. The van der Waals surface area contributed by atoms with Crippen LogP contribution in [0.4, 0.5) is 5.69 Å². The van der Waals surface area contributed by atoms with Gasteiger partial charge in [0.15, 0.2) is 0 Å². The van der Waals surface area contributed by atoms with Crippen LogP contribution in [-0.2, 0) is 9.31 Å². The van der Waals surface area contributed by atoms with E-state index in [1.807, 2.05) is 0 Å². The van der Waals surface area contributed by atoms with Crippen LogP contribution < -0.4 is 10.4 Å². The van der Waals surface area contributed by atoms with Gasteiger partial charge < -0.3 is 19.1 Å². The van der Waals surface area contributed by atoms with E-state index in [0.29, 0.717) is 0 Å². The van der Waals surface area contributed by atoms with Crippen molar-refractivity contribution in [3.63, 3.8) is 0 Å². The van der Waals surface area contributed by atoms with Crippen molar-refractivity contribution in [2.75, 3.05) is 37.6 Å². The average Bonchev–Trinajstić information content (AvgIpc) is 2.76. The largest absolute Gasteiger partial charge is 0.494 e. The van der Waals surface area contributed by atoms with Gasteiger partial charge in [0.05, 0.1) is 11.2 Å². The van der Waals surface area contributed by atoms with Crippen molar-refractivity contribution in [1.29, 1.82) is 0 Å². The molecule has 2 aliphatic heterocycles. The zero-order valence-corrected chi connectivity index (χ0v) is 15.1. The molecule has 0 radical (unpaired) electrons. The van der Waals surface area contributed by atoms with Crippen LogP contribution in [0.3, 0.4) is 0 Å². The molecule has 126 valence electrons. The molecule has 5 heteroatoms. The maximum Gasteiger partial charge on any atom is 0.494 e. The van der Waals surface area contributed by atoms with Crippen LogP contribution in [0.25, 0.3) is 0 Å². The lowest BCUT2D eigenvalue weighted by Crippen LogP contribution is -2.46. The molecule has 0 spiro atoms. The predicted octanol–water partition coefficient (Wildman–Crippen LogP) is 2.13. The maximum absolute atomic E-state index is 6.12. The van der Waals surface area contributed by atoms with Crippen molar-refractivity contribution in [1.82, 2.24) is 4.90 Å². The van der Waals surface area contributed by atoms with E-state index in [1.54, 1.807) is 0 Å². The number of nitrogens with zero attached hydrogens (tertiary/aromatic N) is 2. The molecular weight excluding hydrogens is 287 g/mol. The molecule has 1 aromatic rings. The molecule has 0 aromatic heterocycles. The summed E-state index contributed by atoms with van der Waals surface area (Å²) in [5, 5.41) is 0. The molecule has 1 aromatic carbocycles. The van der Waals surface area contributed by atoms with Crippen LogP contribution in [0, 0.1) is 0 Å². The number of hydrogen-bond acceptors (Lipinski definition) is 4. The Morgan fingerprint density at radius 1 is 0.913 bits per heavy atom. The summed E-state index contributed by atoms with van der Waals surface area (Å²) in [7, 11) is -0.272. The van der Waals surface area contributed by atoms with Gasteiger partial charge >= 0.3 is 7.12 Å². The van der Waals surface area contributed by atoms with Gasteiger partial charge in [0, 0.05) is 31.9 Å². The highest BCUT2D eigenvalue weighted by Gasteiger charge is 2.51. The normalized spacial score (nSPS) is 24.2. The van der Waals surface area contributed by atoms with Gasteiger partial charge in [0.1, 0.15) is 0 Å². The van der Waals surface area contributed by atoms with Gasteiger partial charge in [0.2, 0.25) is 0 Å². The van der Waals surface area contributed by atoms with Gasteiger partial charge in [-0.05, 0) is 51.8 Å². The van der Waals surface area contributed by atoms with Crippen LogP contribution in [-0.4, -0.2) is 55.9 Å². The smallest absolute Gasteiger partial charge is 0.399 e. The summed E-state index contributed by atoms with van der Waals surface area (Å²) in [6, 6.07) is 8.68. The number of benzene rings is 1. The Morgan fingerprint density at radius 3 is 1.91 bits per heavy atom. The molecule has 0 bridgehead atoms. The second kappa shape index (κ2) is 6.12. The molecule has 0 amide bonds. The van der Waals surface area contributed by atoms with E-state index < -0.39 is 0 Å². The molecule has 23 heavy (non-hydrogen) atoms. The van der Waals surface area contributed by atoms with Gasteiger partial charge in [-0.3, -0.25) is 0 Å². The molecule has 4 nitrogen and oxygen atoms in total. The number of anilines is 1. The first-order valence-corrected chi connectivity index (χ1v) is 8.75. The van der Waals surface area contributed by atoms with Crippen LogP contribution in [0.15, 0.2) is 24.3 Å². The number of piperazine rings is 1. The molecule has 2 saturated heterocycles. The Labute approximate surface area is 140 Å². The van der Waals surface area contributed by atoms with Crippen molar-refractivity contribution in [2.45, 2.75) is 45.8 Å². The van der Waals surface area contributed by atoms with E-state index in [0.717, 1.165) is 38.2 Å². The zero-order chi connectivity index (χ0) is 16.7. The van der Waals surface area contributed by atoms with Crippen LogP contribution in [0.1, 0.15) is 34.6 Å². The lowest BCUT2D eigenvalue weighted by atomic mass is 9.79. The van der Waals surface area contributed by atoms with Crippen LogP contribution >= 0.6 is 0 Å². The van der Waals surface area contributed by atoms with Gasteiger partial charge in [0.25, 0.3) is 0 Å². The first-order valence-electron chi connectivity index (χ1n) is 8.75. The predicted molar refractivity (Wildman–Crippen MR) is 96.5 cm³/mol. The quantitative estimate of drug-likeness (QED) is 0.798. The molecule has 2 aliphatic rings. The van der Waals surface area contributed by atoms with Crippen molar-refractivity contribution in [2.24, 2.45) is 0 Å². The third-order valence-electron chi connectivity index (χ3n) is 5.60. The highest BCUT2D eigenvalue weighted by Crippen LogP contribution is 2.36. The second-order valence-electron chi connectivity index (χ2n) is 7.60. The highest BCUT2D eigenvalue weighted by molar-refractivity contribution is 6.62. The van der Waals surface area contributed by atoms with Gasteiger partial charge in [-0.1, -0.05) is 19.1 Å². The summed E-state index contributed by atoms with van der Waals surface area (Å²) in [4.78, 5) is 4.95. The van der Waals surface area contributed by atoms with Crippen molar-refractivity contribution >= 4 is 18.3 Å². The molecular formula is C18H29BN2O2. The third-order valence-corrected chi connectivity index (χ3v) is 5.60. The molecule has 2 heterocycles. The minimum absolute atomic E-state index is 0.272. The molecule has 0 unspecified atom stereocenters.